The first-order chi connectivity index (χ1) is 10.8. The molecular weight excluding hydrogens is 280 g/mol. The van der Waals surface area contributed by atoms with Crippen molar-refractivity contribution in [2.24, 2.45) is 0 Å². The Labute approximate surface area is 129 Å². The van der Waals surface area contributed by atoms with Gasteiger partial charge in [-0.2, -0.15) is 0 Å². The molecule has 6 nitrogen and oxygen atoms in total. The Balaban J connectivity index is 1.41. The number of carbonyl (C=O) groups excluding carboxylic acids is 1. The third-order valence-electron chi connectivity index (χ3n) is 4.52. The third-order valence-corrected chi connectivity index (χ3v) is 4.52. The highest BCUT2D eigenvalue weighted by Gasteiger charge is 2.30. The summed E-state index contributed by atoms with van der Waals surface area (Å²) in [6.07, 6.45) is 3.56. The first-order valence-corrected chi connectivity index (χ1v) is 7.91. The predicted octanol–water partition coefficient (Wildman–Crippen LogP) is 1.39. The molecule has 2 saturated heterocycles. The van der Waals surface area contributed by atoms with Crippen LogP contribution in [0.2, 0.25) is 0 Å². The number of hydrogen-bond acceptors (Lipinski definition) is 4. The first kappa shape index (κ1) is 13.6. The van der Waals surface area contributed by atoms with E-state index in [2.05, 4.69) is 20.9 Å². The van der Waals surface area contributed by atoms with Gasteiger partial charge < -0.3 is 19.5 Å². The molecule has 0 unspecified atom stereocenters. The van der Waals surface area contributed by atoms with Gasteiger partial charge in [0.15, 0.2) is 0 Å². The van der Waals surface area contributed by atoms with Crippen molar-refractivity contribution < 1.29 is 9.53 Å². The maximum absolute atomic E-state index is 12.3. The zero-order valence-corrected chi connectivity index (χ0v) is 12.5. The van der Waals surface area contributed by atoms with E-state index < -0.39 is 0 Å². The molecule has 2 fully saturated rings. The molecule has 6 heteroatoms. The van der Waals surface area contributed by atoms with Crippen molar-refractivity contribution in [2.45, 2.75) is 18.9 Å². The van der Waals surface area contributed by atoms with E-state index >= 15 is 0 Å². The molecular formula is C16H20N4O2. The summed E-state index contributed by atoms with van der Waals surface area (Å²) in [5.41, 5.74) is 0.912. The van der Waals surface area contributed by atoms with E-state index in [9.17, 15) is 4.79 Å². The van der Waals surface area contributed by atoms with Crippen LogP contribution in [0.4, 0.5) is 5.82 Å². The van der Waals surface area contributed by atoms with Gasteiger partial charge in [-0.05, 0) is 31.0 Å². The number of fused-ring (bicyclic) bond motifs is 1. The van der Waals surface area contributed by atoms with E-state index in [4.69, 9.17) is 4.74 Å². The number of anilines is 1. The summed E-state index contributed by atoms with van der Waals surface area (Å²) in [7, 11) is 0. The van der Waals surface area contributed by atoms with Crippen molar-refractivity contribution in [3.05, 3.63) is 24.4 Å². The molecule has 0 radical (unpaired) electrons. The van der Waals surface area contributed by atoms with Crippen LogP contribution in [0.5, 0.6) is 0 Å². The lowest BCUT2D eigenvalue weighted by atomic mass is 10.2. The molecule has 0 saturated carbocycles. The Morgan fingerprint density at radius 3 is 2.86 bits per heavy atom. The van der Waals surface area contributed by atoms with E-state index in [-0.39, 0.29) is 12.0 Å². The van der Waals surface area contributed by atoms with E-state index in [0.29, 0.717) is 0 Å². The average Bonchev–Trinajstić information content (AvgIpc) is 3.25. The van der Waals surface area contributed by atoms with E-state index in [0.717, 1.165) is 62.5 Å². The summed E-state index contributed by atoms with van der Waals surface area (Å²) < 4.78 is 5.50. The summed E-state index contributed by atoms with van der Waals surface area (Å²) in [6, 6.07) is 6.15. The van der Waals surface area contributed by atoms with Crippen LogP contribution in [0.3, 0.4) is 0 Å². The molecule has 0 aromatic carbocycles. The van der Waals surface area contributed by atoms with Crippen LogP contribution in [0.15, 0.2) is 24.4 Å². The van der Waals surface area contributed by atoms with Gasteiger partial charge in [-0.1, -0.05) is 0 Å². The highest BCUT2D eigenvalue weighted by Crippen LogP contribution is 2.20. The van der Waals surface area contributed by atoms with Crippen LogP contribution in [-0.2, 0) is 9.53 Å². The van der Waals surface area contributed by atoms with Crippen LogP contribution in [0.25, 0.3) is 11.0 Å². The van der Waals surface area contributed by atoms with Gasteiger partial charge >= 0.3 is 0 Å². The molecule has 2 aromatic heterocycles. The lowest BCUT2D eigenvalue weighted by Gasteiger charge is -2.36. The summed E-state index contributed by atoms with van der Waals surface area (Å²) >= 11 is 0. The number of pyridine rings is 1. The number of carbonyl (C=O) groups is 1. The molecule has 2 aliphatic rings. The Morgan fingerprint density at radius 2 is 2.09 bits per heavy atom. The standard InChI is InChI=1S/C16H20N4O2/c21-16(13-2-1-11-22-13)20-9-7-19(8-10-20)14-4-3-12-5-6-17-15(12)18-14/h3-6,13H,1-2,7-11H2,(H,17,18)/t13-/m1/s1. The Hall–Kier alpha value is -2.08. The minimum atomic E-state index is -0.208. The molecule has 1 atom stereocenters. The largest absolute Gasteiger partial charge is 0.368 e. The maximum atomic E-state index is 12.3. The molecule has 2 aromatic rings. The van der Waals surface area contributed by atoms with Gasteiger partial charge in [0, 0.05) is 44.4 Å². The summed E-state index contributed by atoms with van der Waals surface area (Å²) in [5.74, 6) is 1.13. The quantitative estimate of drug-likeness (QED) is 0.910. The van der Waals surface area contributed by atoms with Gasteiger partial charge in [0.25, 0.3) is 5.91 Å². The molecule has 1 amide bonds. The number of aromatic nitrogens is 2. The molecule has 0 spiro atoms. The van der Waals surface area contributed by atoms with E-state index in [1.54, 1.807) is 0 Å². The number of H-pyrrole nitrogens is 1. The molecule has 4 rings (SSSR count). The lowest BCUT2D eigenvalue weighted by molar-refractivity contribution is -0.141. The highest BCUT2D eigenvalue weighted by molar-refractivity contribution is 5.81. The predicted molar refractivity (Wildman–Crippen MR) is 83.9 cm³/mol. The van der Waals surface area contributed by atoms with Crippen LogP contribution in [0, 0.1) is 0 Å². The number of ether oxygens (including phenoxy) is 1. The van der Waals surface area contributed by atoms with Crippen molar-refractivity contribution in [3.63, 3.8) is 0 Å². The summed E-state index contributed by atoms with van der Waals surface area (Å²) in [4.78, 5) is 24.3. The van der Waals surface area contributed by atoms with Crippen LogP contribution in [0.1, 0.15) is 12.8 Å². The van der Waals surface area contributed by atoms with E-state index in [1.807, 2.05) is 23.2 Å². The molecule has 116 valence electrons. The van der Waals surface area contributed by atoms with Gasteiger partial charge in [-0.25, -0.2) is 4.98 Å². The SMILES string of the molecule is O=C([C@H]1CCCO1)N1CCN(c2ccc3cc[nH]c3n2)CC1. The number of nitrogens with zero attached hydrogens (tertiary/aromatic N) is 3. The summed E-state index contributed by atoms with van der Waals surface area (Å²) in [5, 5.41) is 1.12. The lowest BCUT2D eigenvalue weighted by Crippen LogP contribution is -2.51. The topological polar surface area (TPSA) is 61.5 Å². The maximum Gasteiger partial charge on any atom is 0.251 e. The van der Waals surface area contributed by atoms with Gasteiger partial charge in [-0.15, -0.1) is 0 Å². The number of aromatic amines is 1. The second kappa shape index (κ2) is 5.61. The molecule has 2 aliphatic heterocycles. The van der Waals surface area contributed by atoms with Gasteiger partial charge in [0.2, 0.25) is 0 Å². The molecule has 0 bridgehead atoms. The molecule has 0 aliphatic carbocycles. The Kier molecular flexibility index (Phi) is 3.46. The fourth-order valence-electron chi connectivity index (χ4n) is 3.23. The fourth-order valence-corrected chi connectivity index (χ4v) is 3.23. The third kappa shape index (κ3) is 2.43. The minimum absolute atomic E-state index is 0.157. The Morgan fingerprint density at radius 1 is 1.23 bits per heavy atom. The number of nitrogens with one attached hydrogen (secondary N) is 1. The zero-order chi connectivity index (χ0) is 14.9. The second-order valence-electron chi connectivity index (χ2n) is 5.90. The fraction of sp³-hybridized carbons (Fsp3) is 0.500. The number of piperazine rings is 1. The van der Waals surface area contributed by atoms with Crippen molar-refractivity contribution in [3.8, 4) is 0 Å². The summed E-state index contributed by atoms with van der Waals surface area (Å²) in [6.45, 7) is 3.83. The van der Waals surface area contributed by atoms with Crippen LogP contribution >= 0.6 is 0 Å². The number of rotatable bonds is 2. The normalized spacial score (nSPS) is 22.5. The monoisotopic (exact) mass is 300 g/mol. The molecule has 1 N–H and O–H groups in total. The highest BCUT2D eigenvalue weighted by atomic mass is 16.5. The Bertz CT molecular complexity index is 670. The van der Waals surface area contributed by atoms with Crippen molar-refractivity contribution in [1.29, 1.82) is 0 Å². The van der Waals surface area contributed by atoms with Gasteiger partial charge in [-0.3, -0.25) is 4.79 Å². The van der Waals surface area contributed by atoms with E-state index in [1.165, 1.54) is 0 Å². The van der Waals surface area contributed by atoms with Gasteiger partial charge in [0.05, 0.1) is 0 Å². The number of hydrogen-bond donors (Lipinski definition) is 1. The van der Waals surface area contributed by atoms with Crippen molar-refractivity contribution in [1.82, 2.24) is 14.9 Å². The van der Waals surface area contributed by atoms with Crippen molar-refractivity contribution >= 4 is 22.8 Å². The van der Waals surface area contributed by atoms with Crippen LogP contribution < -0.4 is 4.90 Å². The zero-order valence-electron chi connectivity index (χ0n) is 12.5. The molecule has 22 heavy (non-hydrogen) atoms. The molecule has 4 heterocycles. The smallest absolute Gasteiger partial charge is 0.251 e. The first-order valence-electron chi connectivity index (χ1n) is 7.91. The van der Waals surface area contributed by atoms with Crippen LogP contribution in [-0.4, -0.2) is 59.7 Å². The average molecular weight is 300 g/mol. The van der Waals surface area contributed by atoms with Gasteiger partial charge in [0.1, 0.15) is 17.6 Å². The van der Waals surface area contributed by atoms with Crippen molar-refractivity contribution in [2.75, 3.05) is 37.7 Å². The minimum Gasteiger partial charge on any atom is -0.368 e. The number of amides is 1. The second-order valence-corrected chi connectivity index (χ2v) is 5.90.